The van der Waals surface area contributed by atoms with Crippen molar-refractivity contribution in [2.75, 3.05) is 17.8 Å². The molecule has 3 N–H and O–H groups in total. The molecule has 4 aromatic rings. The number of carbonyl (C=O) groups is 1. The van der Waals surface area contributed by atoms with Crippen LogP contribution in [0.4, 0.5) is 11.4 Å². The van der Waals surface area contributed by atoms with Crippen molar-refractivity contribution in [2.24, 2.45) is 0 Å². The van der Waals surface area contributed by atoms with Crippen LogP contribution >= 0.6 is 11.3 Å². The molecule has 6 nitrogen and oxygen atoms in total. The average Bonchev–Trinajstić information content (AvgIpc) is 3.25. The molecule has 5 rings (SSSR count). The smallest absolute Gasteiger partial charge is 0.267 e. The van der Waals surface area contributed by atoms with Gasteiger partial charge in [0.2, 0.25) is 6.79 Å². The third kappa shape index (κ3) is 2.55. The number of carbonyl (C=O) groups excluding carboxylic acids is 1. The summed E-state index contributed by atoms with van der Waals surface area (Å²) < 4.78 is 10.6. The summed E-state index contributed by atoms with van der Waals surface area (Å²) in [4.78, 5) is 18.7. The molecule has 7 heteroatoms. The zero-order valence-corrected chi connectivity index (χ0v) is 15.2. The van der Waals surface area contributed by atoms with Gasteiger partial charge in [0.15, 0.2) is 11.5 Å². The summed E-state index contributed by atoms with van der Waals surface area (Å²) in [5, 5.41) is 4.68. The molecule has 0 atom stereocenters. The minimum atomic E-state index is -0.268. The van der Waals surface area contributed by atoms with Crippen LogP contribution in [0.1, 0.15) is 15.2 Å². The van der Waals surface area contributed by atoms with Gasteiger partial charge >= 0.3 is 0 Å². The highest BCUT2D eigenvalue weighted by Gasteiger charge is 2.20. The number of nitrogen functional groups attached to an aromatic ring is 1. The second kappa shape index (κ2) is 5.85. The van der Waals surface area contributed by atoms with E-state index in [1.165, 1.54) is 11.3 Å². The number of nitrogens with two attached hydrogens (primary N) is 1. The van der Waals surface area contributed by atoms with Crippen molar-refractivity contribution in [1.82, 2.24) is 4.98 Å². The number of aryl methyl sites for hydroxylation is 1. The Bertz CT molecular complexity index is 1230. The highest BCUT2D eigenvalue weighted by molar-refractivity contribution is 7.21. The van der Waals surface area contributed by atoms with E-state index in [9.17, 15) is 4.79 Å². The van der Waals surface area contributed by atoms with Crippen LogP contribution in [0.15, 0.2) is 42.5 Å². The van der Waals surface area contributed by atoms with E-state index < -0.39 is 0 Å². The van der Waals surface area contributed by atoms with E-state index in [0.717, 1.165) is 26.7 Å². The summed E-state index contributed by atoms with van der Waals surface area (Å²) in [6.45, 7) is 2.21. The fraction of sp³-hybridized carbons (Fsp3) is 0.100. The lowest BCUT2D eigenvalue weighted by atomic mass is 10.1. The van der Waals surface area contributed by atoms with Crippen LogP contribution < -0.4 is 20.5 Å². The number of para-hydroxylation sites is 1. The van der Waals surface area contributed by atoms with Gasteiger partial charge in [-0.2, -0.15) is 0 Å². The van der Waals surface area contributed by atoms with Gasteiger partial charge in [0, 0.05) is 22.5 Å². The number of anilines is 2. The van der Waals surface area contributed by atoms with E-state index in [-0.39, 0.29) is 12.7 Å². The van der Waals surface area contributed by atoms with Gasteiger partial charge in [0.05, 0.1) is 11.2 Å². The fourth-order valence-corrected chi connectivity index (χ4v) is 4.18. The Kier molecular flexibility index (Phi) is 3.45. The van der Waals surface area contributed by atoms with E-state index in [1.807, 2.05) is 31.2 Å². The molecular weight excluding hydrogens is 362 g/mol. The molecule has 2 aromatic heterocycles. The molecule has 27 heavy (non-hydrogen) atoms. The van der Waals surface area contributed by atoms with Crippen LogP contribution in [0, 0.1) is 6.92 Å². The van der Waals surface area contributed by atoms with Gasteiger partial charge in [0.1, 0.15) is 9.71 Å². The summed E-state index contributed by atoms with van der Waals surface area (Å²) in [6, 6.07) is 13.3. The molecule has 3 heterocycles. The first-order valence-corrected chi connectivity index (χ1v) is 9.21. The maximum atomic E-state index is 12.8. The molecule has 2 aromatic carbocycles. The Hall–Kier alpha value is -3.32. The summed E-state index contributed by atoms with van der Waals surface area (Å²) >= 11 is 1.30. The molecule has 0 saturated carbocycles. The largest absolute Gasteiger partial charge is 0.454 e. The first-order valence-electron chi connectivity index (χ1n) is 8.39. The standard InChI is InChI=1S/C20H15N3O3S/c1-10-3-2-4-11-7-13-16(21)18(27-20(13)23-17(10)11)19(24)22-12-5-6-14-15(8-12)26-9-25-14/h2-8H,9,21H2,1H3,(H,22,24). The summed E-state index contributed by atoms with van der Waals surface area (Å²) in [7, 11) is 0. The topological polar surface area (TPSA) is 86.5 Å². The third-order valence-corrected chi connectivity index (χ3v) is 5.70. The number of rotatable bonds is 2. The number of aromatic nitrogens is 1. The number of hydrogen-bond donors (Lipinski definition) is 2. The molecule has 0 saturated heterocycles. The zero-order chi connectivity index (χ0) is 18.5. The highest BCUT2D eigenvalue weighted by Crippen LogP contribution is 2.37. The minimum Gasteiger partial charge on any atom is -0.454 e. The lowest BCUT2D eigenvalue weighted by Gasteiger charge is -2.05. The summed E-state index contributed by atoms with van der Waals surface area (Å²) in [6.07, 6.45) is 0. The number of ether oxygens (including phenoxy) is 2. The lowest BCUT2D eigenvalue weighted by Crippen LogP contribution is -2.11. The Morgan fingerprint density at radius 1 is 1.19 bits per heavy atom. The minimum absolute atomic E-state index is 0.189. The Balaban J connectivity index is 1.54. The maximum absolute atomic E-state index is 12.8. The molecule has 0 bridgehead atoms. The lowest BCUT2D eigenvalue weighted by molar-refractivity contribution is 0.103. The average molecular weight is 377 g/mol. The van der Waals surface area contributed by atoms with Gasteiger partial charge in [-0.1, -0.05) is 18.2 Å². The van der Waals surface area contributed by atoms with Gasteiger partial charge in [0.25, 0.3) is 5.91 Å². The van der Waals surface area contributed by atoms with Crippen LogP contribution in [0.3, 0.4) is 0 Å². The molecule has 134 valence electrons. The molecule has 1 amide bonds. The Morgan fingerprint density at radius 2 is 2.04 bits per heavy atom. The Morgan fingerprint density at radius 3 is 2.93 bits per heavy atom. The van der Waals surface area contributed by atoms with Crippen molar-refractivity contribution in [2.45, 2.75) is 6.92 Å². The van der Waals surface area contributed by atoms with E-state index >= 15 is 0 Å². The molecule has 0 unspecified atom stereocenters. The monoisotopic (exact) mass is 377 g/mol. The fourth-order valence-electron chi connectivity index (χ4n) is 3.21. The molecular formula is C20H15N3O3S. The van der Waals surface area contributed by atoms with Gasteiger partial charge in [-0.15, -0.1) is 11.3 Å². The predicted molar refractivity (Wildman–Crippen MR) is 107 cm³/mol. The van der Waals surface area contributed by atoms with Crippen molar-refractivity contribution in [1.29, 1.82) is 0 Å². The highest BCUT2D eigenvalue weighted by atomic mass is 32.1. The van der Waals surface area contributed by atoms with Crippen LogP contribution in [0.5, 0.6) is 11.5 Å². The Labute approximate surface area is 158 Å². The number of thiophene rings is 1. The van der Waals surface area contributed by atoms with Crippen LogP contribution in [0.2, 0.25) is 0 Å². The molecule has 1 aliphatic rings. The first-order chi connectivity index (χ1) is 13.1. The molecule has 0 spiro atoms. The number of nitrogens with one attached hydrogen (secondary N) is 1. The molecule has 0 aliphatic carbocycles. The number of hydrogen-bond acceptors (Lipinski definition) is 6. The predicted octanol–water partition coefficient (Wildman–Crippen LogP) is 4.32. The summed E-state index contributed by atoms with van der Waals surface area (Å²) in [5.41, 5.74) is 9.36. The summed E-state index contributed by atoms with van der Waals surface area (Å²) in [5.74, 6) is 1.01. The molecule has 0 fully saturated rings. The normalized spacial score (nSPS) is 12.6. The zero-order valence-electron chi connectivity index (χ0n) is 14.4. The van der Waals surface area contributed by atoms with Crippen LogP contribution in [-0.2, 0) is 0 Å². The van der Waals surface area contributed by atoms with E-state index in [0.29, 0.717) is 27.8 Å². The van der Waals surface area contributed by atoms with E-state index in [1.54, 1.807) is 18.2 Å². The number of pyridine rings is 1. The van der Waals surface area contributed by atoms with Gasteiger partial charge in [-0.3, -0.25) is 4.79 Å². The van der Waals surface area contributed by atoms with Crippen LogP contribution in [-0.4, -0.2) is 17.7 Å². The number of amides is 1. The second-order valence-electron chi connectivity index (χ2n) is 6.35. The number of nitrogens with zero attached hydrogens (tertiary/aromatic N) is 1. The van der Waals surface area contributed by atoms with Crippen molar-refractivity contribution in [3.63, 3.8) is 0 Å². The quantitative estimate of drug-likeness (QED) is 0.543. The molecule has 0 radical (unpaired) electrons. The van der Waals surface area contributed by atoms with E-state index in [2.05, 4.69) is 5.32 Å². The maximum Gasteiger partial charge on any atom is 0.267 e. The van der Waals surface area contributed by atoms with Gasteiger partial charge in [-0.05, 0) is 30.7 Å². The van der Waals surface area contributed by atoms with Crippen molar-refractivity contribution in [3.05, 3.63) is 52.9 Å². The van der Waals surface area contributed by atoms with Crippen molar-refractivity contribution < 1.29 is 14.3 Å². The first kappa shape index (κ1) is 15.9. The third-order valence-electron chi connectivity index (χ3n) is 4.58. The van der Waals surface area contributed by atoms with Gasteiger partial charge in [-0.25, -0.2) is 4.98 Å². The van der Waals surface area contributed by atoms with Crippen molar-refractivity contribution >= 4 is 49.7 Å². The SMILES string of the molecule is Cc1cccc2cc3c(N)c(C(=O)Nc4ccc5c(c4)OCO5)sc3nc12. The molecule has 1 aliphatic heterocycles. The van der Waals surface area contributed by atoms with Crippen LogP contribution in [0.25, 0.3) is 21.1 Å². The number of fused-ring (bicyclic) bond motifs is 3. The van der Waals surface area contributed by atoms with Crippen molar-refractivity contribution in [3.8, 4) is 11.5 Å². The second-order valence-corrected chi connectivity index (χ2v) is 7.35. The van der Waals surface area contributed by atoms with E-state index in [4.69, 9.17) is 20.2 Å². The van der Waals surface area contributed by atoms with Gasteiger partial charge < -0.3 is 20.5 Å². The number of benzene rings is 2.